The number of carboxylic acids is 1. The molecule has 0 aliphatic rings. The Morgan fingerprint density at radius 1 is 1.07 bits per heavy atom. The monoisotopic (exact) mass is 387 g/mol. The van der Waals surface area contributed by atoms with Gasteiger partial charge in [0.05, 0.1) is 5.94 Å². The molecule has 0 saturated carbocycles. The third-order valence-corrected chi connectivity index (χ3v) is 4.25. The summed E-state index contributed by atoms with van der Waals surface area (Å²) in [6.45, 7) is 0.409. The van der Waals surface area contributed by atoms with Gasteiger partial charge in [0.1, 0.15) is 11.3 Å². The Balaban J connectivity index is 2.25. The van der Waals surface area contributed by atoms with Crippen LogP contribution in [0, 0.1) is 0 Å². The second kappa shape index (κ2) is 9.33. The molecule has 0 bridgehead atoms. The van der Waals surface area contributed by atoms with Crippen LogP contribution >= 0.6 is 0 Å². The molecule has 2 aromatic carbocycles. The third kappa shape index (κ3) is 5.08. The standard InChI is InChI=1S/C18H22BN3O6/c20-8-10-4-11(9-21)6-13(5-10)17(24)22-15(19(27)28)7-12-2-1-3-14(16(12)23)18(25)26/h1-6,15,23,27-28H,7-9,20-21H2,(H,22,24)(H,25,26). The Morgan fingerprint density at radius 3 is 2.18 bits per heavy atom. The van der Waals surface area contributed by atoms with E-state index in [0.717, 1.165) is 0 Å². The highest BCUT2D eigenvalue weighted by Gasteiger charge is 2.28. The topological polar surface area (TPSA) is 179 Å². The SMILES string of the molecule is NCc1cc(CN)cc(C(=O)NC(Cc2cccc(C(=O)O)c2O)B(O)O)c1. The lowest BCUT2D eigenvalue weighted by molar-refractivity contribution is 0.0693. The Kier molecular flexibility index (Phi) is 7.13. The molecule has 2 rings (SSSR count). The minimum Gasteiger partial charge on any atom is -0.507 e. The fourth-order valence-electron chi connectivity index (χ4n) is 2.78. The molecular formula is C18H22BN3O6. The van der Waals surface area contributed by atoms with Crippen LogP contribution in [0.3, 0.4) is 0 Å². The molecule has 28 heavy (non-hydrogen) atoms. The van der Waals surface area contributed by atoms with Gasteiger partial charge >= 0.3 is 13.1 Å². The highest BCUT2D eigenvalue weighted by Crippen LogP contribution is 2.24. The van der Waals surface area contributed by atoms with Gasteiger partial charge in [-0.25, -0.2) is 4.79 Å². The van der Waals surface area contributed by atoms with Crippen molar-refractivity contribution >= 4 is 19.0 Å². The molecule has 10 heteroatoms. The molecule has 1 unspecified atom stereocenters. The number of phenols is 1. The zero-order valence-corrected chi connectivity index (χ0v) is 15.0. The number of aromatic hydroxyl groups is 1. The van der Waals surface area contributed by atoms with Gasteiger partial charge in [-0.1, -0.05) is 18.2 Å². The summed E-state index contributed by atoms with van der Waals surface area (Å²) in [4.78, 5) is 23.7. The number of carbonyl (C=O) groups excluding carboxylic acids is 1. The van der Waals surface area contributed by atoms with Crippen LogP contribution in [0.25, 0.3) is 0 Å². The first kappa shape index (κ1) is 21.4. The van der Waals surface area contributed by atoms with E-state index in [-0.39, 0.29) is 36.2 Å². The highest BCUT2D eigenvalue weighted by atomic mass is 16.4. The first-order chi connectivity index (χ1) is 13.3. The predicted octanol–water partition coefficient (Wildman–Crippen LogP) is -0.639. The number of nitrogens with two attached hydrogens (primary N) is 2. The Bertz CT molecular complexity index is 852. The van der Waals surface area contributed by atoms with E-state index in [9.17, 15) is 24.7 Å². The van der Waals surface area contributed by atoms with Crippen LogP contribution in [0.4, 0.5) is 0 Å². The van der Waals surface area contributed by atoms with E-state index in [1.165, 1.54) is 18.2 Å². The van der Waals surface area contributed by atoms with Crippen molar-refractivity contribution in [2.24, 2.45) is 11.5 Å². The lowest BCUT2D eigenvalue weighted by Crippen LogP contribution is -2.48. The van der Waals surface area contributed by atoms with Gasteiger partial charge in [-0.05, 0) is 41.3 Å². The summed E-state index contributed by atoms with van der Waals surface area (Å²) in [6, 6.07) is 8.97. The van der Waals surface area contributed by atoms with Gasteiger partial charge in [0, 0.05) is 18.7 Å². The van der Waals surface area contributed by atoms with Crippen molar-refractivity contribution in [3.05, 3.63) is 64.2 Å². The van der Waals surface area contributed by atoms with Crippen LogP contribution in [-0.2, 0) is 19.5 Å². The van der Waals surface area contributed by atoms with E-state index in [1.54, 1.807) is 18.2 Å². The molecule has 0 aromatic heterocycles. The van der Waals surface area contributed by atoms with Crippen LogP contribution in [-0.4, -0.2) is 45.2 Å². The van der Waals surface area contributed by atoms with Gasteiger partial charge in [-0.3, -0.25) is 4.79 Å². The molecule has 9 nitrogen and oxygen atoms in total. The minimum absolute atomic E-state index is 0.150. The Morgan fingerprint density at radius 2 is 1.68 bits per heavy atom. The number of benzene rings is 2. The maximum atomic E-state index is 12.6. The number of amides is 1. The second-order valence-electron chi connectivity index (χ2n) is 6.26. The summed E-state index contributed by atoms with van der Waals surface area (Å²) >= 11 is 0. The van der Waals surface area contributed by atoms with E-state index in [0.29, 0.717) is 11.1 Å². The molecule has 0 aliphatic heterocycles. The molecule has 1 amide bonds. The fourth-order valence-corrected chi connectivity index (χ4v) is 2.78. The number of hydrogen-bond donors (Lipinski definition) is 7. The molecule has 1 atom stereocenters. The van der Waals surface area contributed by atoms with E-state index in [4.69, 9.17) is 16.6 Å². The smallest absolute Gasteiger partial charge is 0.475 e. The molecule has 0 fully saturated rings. The van der Waals surface area contributed by atoms with Gasteiger partial charge in [-0.2, -0.15) is 0 Å². The van der Waals surface area contributed by atoms with E-state index in [1.807, 2.05) is 0 Å². The summed E-state index contributed by atoms with van der Waals surface area (Å²) < 4.78 is 0. The zero-order valence-electron chi connectivity index (χ0n) is 15.0. The van der Waals surface area contributed by atoms with E-state index < -0.39 is 30.7 Å². The molecule has 148 valence electrons. The molecule has 0 radical (unpaired) electrons. The number of nitrogens with one attached hydrogen (secondary N) is 1. The summed E-state index contributed by atoms with van der Waals surface area (Å²) in [6.07, 6.45) is -0.198. The van der Waals surface area contributed by atoms with Crippen molar-refractivity contribution in [3.63, 3.8) is 0 Å². The minimum atomic E-state index is -1.94. The first-order valence-electron chi connectivity index (χ1n) is 8.51. The summed E-state index contributed by atoms with van der Waals surface area (Å²) in [7, 11) is -1.94. The summed E-state index contributed by atoms with van der Waals surface area (Å²) in [5, 5.41) is 40.9. The van der Waals surface area contributed by atoms with Gasteiger partial charge in [0.15, 0.2) is 0 Å². The number of aromatic carboxylic acids is 1. The second-order valence-corrected chi connectivity index (χ2v) is 6.26. The van der Waals surface area contributed by atoms with E-state index in [2.05, 4.69) is 5.32 Å². The maximum Gasteiger partial charge on any atom is 0.475 e. The number of para-hydroxylation sites is 1. The van der Waals surface area contributed by atoms with Crippen molar-refractivity contribution in [2.45, 2.75) is 25.5 Å². The van der Waals surface area contributed by atoms with Crippen LogP contribution in [0.5, 0.6) is 5.75 Å². The molecule has 0 heterocycles. The first-order valence-corrected chi connectivity index (χ1v) is 8.51. The van der Waals surface area contributed by atoms with Crippen LogP contribution < -0.4 is 16.8 Å². The number of rotatable bonds is 8. The summed E-state index contributed by atoms with van der Waals surface area (Å²) in [5.41, 5.74) is 12.7. The van der Waals surface area contributed by atoms with Crippen LogP contribution in [0.15, 0.2) is 36.4 Å². The molecule has 2 aromatic rings. The lowest BCUT2D eigenvalue weighted by atomic mass is 9.75. The van der Waals surface area contributed by atoms with Crippen molar-refractivity contribution in [1.82, 2.24) is 5.32 Å². The summed E-state index contributed by atoms with van der Waals surface area (Å²) in [5.74, 6) is -3.59. The fraction of sp³-hybridized carbons (Fsp3) is 0.222. The lowest BCUT2D eigenvalue weighted by Gasteiger charge is -2.19. The van der Waals surface area contributed by atoms with Crippen molar-refractivity contribution < 1.29 is 29.9 Å². The average molecular weight is 387 g/mol. The molecule has 0 spiro atoms. The zero-order chi connectivity index (χ0) is 20.8. The number of hydrogen-bond acceptors (Lipinski definition) is 7. The quantitative estimate of drug-likeness (QED) is 0.292. The van der Waals surface area contributed by atoms with Gasteiger partial charge in [0.25, 0.3) is 5.91 Å². The maximum absolute atomic E-state index is 12.6. The van der Waals surface area contributed by atoms with Gasteiger partial charge < -0.3 is 37.0 Å². The van der Waals surface area contributed by atoms with Crippen molar-refractivity contribution in [3.8, 4) is 5.75 Å². The van der Waals surface area contributed by atoms with Crippen LogP contribution in [0.1, 0.15) is 37.4 Å². The number of carbonyl (C=O) groups is 2. The van der Waals surface area contributed by atoms with Gasteiger partial charge in [0.2, 0.25) is 0 Å². The largest absolute Gasteiger partial charge is 0.507 e. The van der Waals surface area contributed by atoms with Crippen molar-refractivity contribution in [2.75, 3.05) is 0 Å². The molecule has 0 saturated heterocycles. The van der Waals surface area contributed by atoms with E-state index >= 15 is 0 Å². The normalized spacial score (nSPS) is 11.7. The number of carboxylic acid groups (broad SMARTS) is 1. The average Bonchev–Trinajstić information content (AvgIpc) is 2.67. The third-order valence-electron chi connectivity index (χ3n) is 4.25. The molecule has 0 aliphatic carbocycles. The molecular weight excluding hydrogens is 365 g/mol. The highest BCUT2D eigenvalue weighted by molar-refractivity contribution is 6.43. The Labute approximate surface area is 161 Å². The van der Waals surface area contributed by atoms with Gasteiger partial charge in [-0.15, -0.1) is 0 Å². The molecule has 9 N–H and O–H groups in total. The Hall–Kier alpha value is -2.92. The van der Waals surface area contributed by atoms with Crippen LogP contribution in [0.2, 0.25) is 0 Å². The van der Waals surface area contributed by atoms with Crippen molar-refractivity contribution in [1.29, 1.82) is 0 Å². The predicted molar refractivity (Wildman–Crippen MR) is 102 cm³/mol.